The molecule has 1 aliphatic rings. The summed E-state index contributed by atoms with van der Waals surface area (Å²) in [6, 6.07) is 12.9. The van der Waals surface area contributed by atoms with E-state index in [-0.39, 0.29) is 17.6 Å². The van der Waals surface area contributed by atoms with Gasteiger partial charge in [0.1, 0.15) is 17.4 Å². The molecule has 2 heterocycles. The third-order valence-electron chi connectivity index (χ3n) is 4.57. The molecule has 26 heavy (non-hydrogen) atoms. The number of ether oxygens (including phenoxy) is 1. The minimum Gasteiger partial charge on any atom is -0.370 e. The van der Waals surface area contributed by atoms with Gasteiger partial charge in [-0.3, -0.25) is 15.1 Å². The molecule has 0 radical (unpaired) electrons. The van der Waals surface area contributed by atoms with Crippen LogP contribution >= 0.6 is 0 Å². The average molecular weight is 353 g/mol. The molecule has 2 aromatic carbocycles. The topological polar surface area (TPSA) is 68.5 Å². The lowest BCUT2D eigenvalue weighted by molar-refractivity contribution is -0.383. The van der Waals surface area contributed by atoms with Gasteiger partial charge in [-0.1, -0.05) is 12.1 Å². The number of morpholine rings is 1. The molecular weight excluding hydrogens is 337 g/mol. The van der Waals surface area contributed by atoms with Crippen LogP contribution in [0.2, 0.25) is 0 Å². The first-order chi connectivity index (χ1) is 12.6. The van der Waals surface area contributed by atoms with Crippen molar-refractivity contribution in [1.29, 1.82) is 0 Å². The van der Waals surface area contributed by atoms with E-state index in [0.29, 0.717) is 30.6 Å². The van der Waals surface area contributed by atoms with Crippen LogP contribution < -0.4 is 4.90 Å². The van der Waals surface area contributed by atoms with E-state index in [2.05, 4.69) is 9.88 Å². The minimum absolute atomic E-state index is 0.0418. The molecule has 1 aromatic heterocycles. The number of hydrogen-bond acceptors (Lipinski definition) is 5. The molecule has 6 nitrogen and oxygen atoms in total. The van der Waals surface area contributed by atoms with E-state index in [1.54, 1.807) is 36.5 Å². The first-order valence-corrected chi connectivity index (χ1v) is 8.27. The number of rotatable bonds is 3. The van der Waals surface area contributed by atoms with E-state index in [0.717, 1.165) is 11.3 Å². The summed E-state index contributed by atoms with van der Waals surface area (Å²) in [5.41, 5.74) is 2.37. The second-order valence-electron chi connectivity index (χ2n) is 6.12. The Bertz CT molecular complexity index is 962. The summed E-state index contributed by atoms with van der Waals surface area (Å²) in [4.78, 5) is 17.4. The van der Waals surface area contributed by atoms with Gasteiger partial charge in [0.05, 0.1) is 22.6 Å². The molecule has 0 amide bonds. The Balaban J connectivity index is 1.70. The van der Waals surface area contributed by atoms with Crippen molar-refractivity contribution in [2.24, 2.45) is 0 Å². The van der Waals surface area contributed by atoms with Crippen LogP contribution in [0.3, 0.4) is 0 Å². The monoisotopic (exact) mass is 353 g/mol. The SMILES string of the molecule is O=[N+]([O-])c1ccc(N2CCOC(c3ccc(F)cc3)C2)c2ncccc12. The van der Waals surface area contributed by atoms with Gasteiger partial charge in [0.15, 0.2) is 0 Å². The smallest absolute Gasteiger partial charge is 0.278 e. The van der Waals surface area contributed by atoms with E-state index >= 15 is 0 Å². The van der Waals surface area contributed by atoms with Crippen LogP contribution in [-0.2, 0) is 4.74 Å². The van der Waals surface area contributed by atoms with Gasteiger partial charge in [-0.05, 0) is 35.9 Å². The average Bonchev–Trinajstić information content (AvgIpc) is 2.67. The number of nitrogens with zero attached hydrogens (tertiary/aromatic N) is 3. The first kappa shape index (κ1) is 16.4. The summed E-state index contributed by atoms with van der Waals surface area (Å²) >= 11 is 0. The summed E-state index contributed by atoms with van der Waals surface area (Å²) < 4.78 is 19.0. The van der Waals surface area contributed by atoms with Gasteiger partial charge in [-0.2, -0.15) is 0 Å². The standard InChI is InChI=1S/C19H16FN3O3/c20-14-5-3-13(4-6-14)18-12-22(10-11-26-18)17-8-7-16(23(24)25)15-2-1-9-21-19(15)17/h1-9,18H,10-12H2. The highest BCUT2D eigenvalue weighted by Gasteiger charge is 2.25. The molecule has 0 saturated carbocycles. The van der Waals surface area contributed by atoms with E-state index in [4.69, 9.17) is 4.74 Å². The lowest BCUT2D eigenvalue weighted by Crippen LogP contribution is -2.38. The van der Waals surface area contributed by atoms with Crippen molar-refractivity contribution < 1.29 is 14.1 Å². The molecule has 1 fully saturated rings. The first-order valence-electron chi connectivity index (χ1n) is 8.27. The fourth-order valence-corrected chi connectivity index (χ4v) is 3.30. The fraction of sp³-hybridized carbons (Fsp3) is 0.211. The number of nitro groups is 1. The van der Waals surface area contributed by atoms with Crippen molar-refractivity contribution in [2.75, 3.05) is 24.6 Å². The summed E-state index contributed by atoms with van der Waals surface area (Å²) in [5, 5.41) is 11.8. The predicted octanol–water partition coefficient (Wildman–Crippen LogP) is 3.86. The second-order valence-corrected chi connectivity index (χ2v) is 6.12. The highest BCUT2D eigenvalue weighted by atomic mass is 19.1. The van der Waals surface area contributed by atoms with Crippen molar-refractivity contribution in [3.8, 4) is 0 Å². The Morgan fingerprint density at radius 3 is 2.77 bits per heavy atom. The Kier molecular flexibility index (Phi) is 4.22. The number of fused-ring (bicyclic) bond motifs is 1. The summed E-state index contributed by atoms with van der Waals surface area (Å²) in [6.45, 7) is 1.73. The maximum atomic E-state index is 13.2. The van der Waals surface area contributed by atoms with Gasteiger partial charge in [0.2, 0.25) is 0 Å². The van der Waals surface area contributed by atoms with E-state index < -0.39 is 4.92 Å². The number of anilines is 1. The summed E-state index contributed by atoms with van der Waals surface area (Å²) in [5.74, 6) is -0.285. The molecule has 1 saturated heterocycles. The maximum Gasteiger partial charge on any atom is 0.278 e. The van der Waals surface area contributed by atoms with E-state index in [1.807, 2.05) is 0 Å². The van der Waals surface area contributed by atoms with E-state index in [1.165, 1.54) is 18.2 Å². The number of pyridine rings is 1. The molecule has 0 spiro atoms. The quantitative estimate of drug-likeness (QED) is 0.528. The number of halogens is 1. The Morgan fingerprint density at radius 1 is 1.19 bits per heavy atom. The Labute approximate surface area is 149 Å². The minimum atomic E-state index is -0.394. The number of aromatic nitrogens is 1. The van der Waals surface area contributed by atoms with Crippen LogP contribution in [-0.4, -0.2) is 29.6 Å². The Morgan fingerprint density at radius 2 is 2.00 bits per heavy atom. The molecule has 0 aliphatic carbocycles. The molecule has 7 heteroatoms. The van der Waals surface area contributed by atoms with Crippen LogP contribution in [0.15, 0.2) is 54.7 Å². The van der Waals surface area contributed by atoms with Crippen molar-refractivity contribution >= 4 is 22.3 Å². The highest BCUT2D eigenvalue weighted by Crippen LogP contribution is 2.34. The number of hydrogen-bond donors (Lipinski definition) is 0. The van der Waals surface area contributed by atoms with Crippen LogP contribution in [0.25, 0.3) is 10.9 Å². The lowest BCUT2D eigenvalue weighted by Gasteiger charge is -2.35. The number of nitro benzene ring substituents is 1. The van der Waals surface area contributed by atoms with Crippen LogP contribution in [0.1, 0.15) is 11.7 Å². The van der Waals surface area contributed by atoms with Gasteiger partial charge in [0, 0.05) is 25.4 Å². The molecular formula is C19H16FN3O3. The van der Waals surface area contributed by atoms with Gasteiger partial charge < -0.3 is 9.64 Å². The number of benzene rings is 2. The van der Waals surface area contributed by atoms with Crippen LogP contribution in [0.4, 0.5) is 15.8 Å². The zero-order valence-corrected chi connectivity index (χ0v) is 13.8. The lowest BCUT2D eigenvalue weighted by atomic mass is 10.1. The Hall–Kier alpha value is -3.06. The molecule has 1 aliphatic heterocycles. The van der Waals surface area contributed by atoms with Crippen molar-refractivity contribution in [2.45, 2.75) is 6.10 Å². The second kappa shape index (κ2) is 6.68. The van der Waals surface area contributed by atoms with Crippen LogP contribution in [0, 0.1) is 15.9 Å². The van der Waals surface area contributed by atoms with Crippen LogP contribution in [0.5, 0.6) is 0 Å². The third-order valence-corrected chi connectivity index (χ3v) is 4.57. The van der Waals surface area contributed by atoms with E-state index in [9.17, 15) is 14.5 Å². The van der Waals surface area contributed by atoms with Gasteiger partial charge >= 0.3 is 0 Å². The zero-order valence-electron chi connectivity index (χ0n) is 13.8. The molecule has 1 atom stereocenters. The maximum absolute atomic E-state index is 13.2. The largest absolute Gasteiger partial charge is 0.370 e. The normalized spacial score (nSPS) is 17.4. The fourth-order valence-electron chi connectivity index (χ4n) is 3.30. The predicted molar refractivity (Wildman–Crippen MR) is 95.7 cm³/mol. The van der Waals surface area contributed by atoms with Crippen molar-refractivity contribution in [1.82, 2.24) is 4.98 Å². The van der Waals surface area contributed by atoms with Gasteiger partial charge in [-0.15, -0.1) is 0 Å². The third kappa shape index (κ3) is 2.97. The van der Waals surface area contributed by atoms with Crippen molar-refractivity contribution in [3.63, 3.8) is 0 Å². The molecule has 0 bridgehead atoms. The molecule has 1 unspecified atom stereocenters. The van der Waals surface area contributed by atoms with Gasteiger partial charge in [-0.25, -0.2) is 4.39 Å². The zero-order chi connectivity index (χ0) is 18.1. The highest BCUT2D eigenvalue weighted by molar-refractivity contribution is 5.97. The molecule has 132 valence electrons. The molecule has 0 N–H and O–H groups in total. The molecule has 4 rings (SSSR count). The van der Waals surface area contributed by atoms with Crippen molar-refractivity contribution in [3.05, 3.63) is 76.2 Å². The van der Waals surface area contributed by atoms with Gasteiger partial charge in [0.25, 0.3) is 5.69 Å². The summed E-state index contributed by atoms with van der Waals surface area (Å²) in [7, 11) is 0. The number of non-ortho nitro benzene ring substituents is 1. The summed E-state index contributed by atoms with van der Waals surface area (Å²) in [6.07, 6.45) is 1.44. The molecule has 3 aromatic rings.